The van der Waals surface area contributed by atoms with E-state index >= 15 is 0 Å². The second-order valence-electron chi connectivity index (χ2n) is 7.50. The van der Waals surface area contributed by atoms with Crippen LogP contribution in [0.15, 0.2) is 69.6 Å². The normalized spacial score (nSPS) is 10.8. The number of hydrogen-bond donors (Lipinski definition) is 3. The third kappa shape index (κ3) is 5.73. The molecule has 3 aromatic carbocycles. The number of anilines is 1. The maximum Gasteiger partial charge on any atom is 0.257 e. The van der Waals surface area contributed by atoms with Crippen LogP contribution in [0.5, 0.6) is 11.5 Å². The van der Waals surface area contributed by atoms with Gasteiger partial charge < -0.3 is 19.6 Å². The predicted octanol–water partition coefficient (Wildman–Crippen LogP) is 6.27. The van der Waals surface area contributed by atoms with Crippen molar-refractivity contribution in [3.63, 3.8) is 0 Å². The fourth-order valence-corrected chi connectivity index (χ4v) is 3.73. The quantitative estimate of drug-likeness (QED) is 0.188. The summed E-state index contributed by atoms with van der Waals surface area (Å²) < 4.78 is 12.0. The van der Waals surface area contributed by atoms with Crippen LogP contribution >= 0.6 is 28.1 Å². The van der Waals surface area contributed by atoms with E-state index in [1.807, 2.05) is 0 Å². The maximum absolute atomic E-state index is 12.5. The molecule has 0 aliphatic heterocycles. The number of phenols is 1. The van der Waals surface area contributed by atoms with Gasteiger partial charge in [-0.15, -0.1) is 0 Å². The van der Waals surface area contributed by atoms with Gasteiger partial charge in [0.25, 0.3) is 5.91 Å². The molecule has 4 aromatic rings. The van der Waals surface area contributed by atoms with Gasteiger partial charge in [-0.05, 0) is 95.2 Å². The number of nitrogens with zero attached hydrogens (tertiary/aromatic N) is 1. The van der Waals surface area contributed by atoms with Crippen molar-refractivity contribution in [3.8, 4) is 23.0 Å². The van der Waals surface area contributed by atoms with Crippen molar-refractivity contribution in [1.82, 2.24) is 10.3 Å². The number of unbranched alkanes of at least 4 members (excludes halogenated alkanes) is 1. The van der Waals surface area contributed by atoms with Gasteiger partial charge in [-0.1, -0.05) is 13.3 Å². The van der Waals surface area contributed by atoms with E-state index in [1.54, 1.807) is 60.7 Å². The highest BCUT2D eigenvalue weighted by atomic mass is 79.9. The largest absolute Gasteiger partial charge is 0.507 e. The number of fused-ring (bicyclic) bond motifs is 1. The molecule has 0 saturated heterocycles. The van der Waals surface area contributed by atoms with E-state index in [0.717, 1.165) is 24.2 Å². The van der Waals surface area contributed by atoms with E-state index < -0.39 is 0 Å². The van der Waals surface area contributed by atoms with Gasteiger partial charge >= 0.3 is 0 Å². The van der Waals surface area contributed by atoms with Crippen LogP contribution in [0.25, 0.3) is 22.6 Å². The molecule has 0 atom stereocenters. The lowest BCUT2D eigenvalue weighted by atomic mass is 10.2. The molecule has 3 N–H and O–H groups in total. The summed E-state index contributed by atoms with van der Waals surface area (Å²) in [6, 6.07) is 17.3. The van der Waals surface area contributed by atoms with Crippen LogP contribution in [-0.2, 0) is 0 Å². The Morgan fingerprint density at radius 1 is 1.15 bits per heavy atom. The summed E-state index contributed by atoms with van der Waals surface area (Å²) in [5.41, 5.74) is 3.07. The zero-order valence-corrected chi connectivity index (χ0v) is 20.7. The number of hydrogen-bond acceptors (Lipinski definition) is 6. The number of aromatic nitrogens is 1. The van der Waals surface area contributed by atoms with E-state index in [0.29, 0.717) is 39.3 Å². The predicted molar refractivity (Wildman–Crippen MR) is 139 cm³/mol. The summed E-state index contributed by atoms with van der Waals surface area (Å²) in [7, 11) is 0. The van der Waals surface area contributed by atoms with E-state index in [4.69, 9.17) is 21.4 Å². The Kier molecular flexibility index (Phi) is 7.44. The SMILES string of the molecule is CCCCOc1ccc(C(=O)NC(=S)Nc2ccc3oc(-c4ccc(O)c(Br)c4)nc3c2)cc1. The Hall–Kier alpha value is -3.43. The maximum atomic E-state index is 12.5. The summed E-state index contributed by atoms with van der Waals surface area (Å²) >= 11 is 8.59. The number of halogens is 1. The zero-order valence-electron chi connectivity index (χ0n) is 18.3. The number of benzene rings is 3. The van der Waals surface area contributed by atoms with Gasteiger partial charge in [0.15, 0.2) is 10.7 Å². The number of carbonyl (C=O) groups is 1. The minimum absolute atomic E-state index is 0.137. The number of aromatic hydroxyl groups is 1. The highest BCUT2D eigenvalue weighted by Gasteiger charge is 2.12. The van der Waals surface area contributed by atoms with Crippen molar-refractivity contribution in [2.24, 2.45) is 0 Å². The zero-order chi connectivity index (χ0) is 24.1. The van der Waals surface area contributed by atoms with Crippen LogP contribution < -0.4 is 15.4 Å². The van der Waals surface area contributed by atoms with Gasteiger partial charge in [0.2, 0.25) is 5.89 Å². The number of nitrogens with one attached hydrogen (secondary N) is 2. The highest BCUT2D eigenvalue weighted by molar-refractivity contribution is 9.10. The van der Waals surface area contributed by atoms with Crippen LogP contribution in [0.2, 0.25) is 0 Å². The Labute approximate surface area is 210 Å². The number of amides is 1. The summed E-state index contributed by atoms with van der Waals surface area (Å²) in [6.07, 6.45) is 2.05. The molecule has 1 amide bonds. The summed E-state index contributed by atoms with van der Waals surface area (Å²) in [6.45, 7) is 2.76. The van der Waals surface area contributed by atoms with Crippen molar-refractivity contribution in [2.75, 3.05) is 11.9 Å². The van der Waals surface area contributed by atoms with E-state index in [1.165, 1.54) is 0 Å². The molecule has 0 radical (unpaired) electrons. The summed E-state index contributed by atoms with van der Waals surface area (Å²) in [5, 5.41) is 15.5. The van der Waals surface area contributed by atoms with Gasteiger partial charge in [-0.2, -0.15) is 0 Å². The van der Waals surface area contributed by atoms with Crippen LogP contribution in [0, 0.1) is 0 Å². The third-order valence-electron chi connectivity index (χ3n) is 4.95. The first-order chi connectivity index (χ1) is 16.4. The number of rotatable bonds is 7. The molecule has 34 heavy (non-hydrogen) atoms. The van der Waals surface area contributed by atoms with E-state index in [2.05, 4.69) is 38.5 Å². The number of phenolic OH excluding ortho intramolecular Hbond substituents is 1. The molecule has 1 aromatic heterocycles. The van der Waals surface area contributed by atoms with Crippen molar-refractivity contribution >= 4 is 56.0 Å². The number of thiocarbonyl (C=S) groups is 1. The Balaban J connectivity index is 1.39. The number of oxazole rings is 1. The smallest absolute Gasteiger partial charge is 0.257 e. The molecule has 0 unspecified atom stereocenters. The number of carbonyl (C=O) groups excluding carboxylic acids is 1. The first-order valence-electron chi connectivity index (χ1n) is 10.7. The first kappa shape index (κ1) is 23.7. The molecule has 0 aliphatic rings. The second-order valence-corrected chi connectivity index (χ2v) is 8.76. The minimum atomic E-state index is -0.319. The topological polar surface area (TPSA) is 96.6 Å². The van der Waals surface area contributed by atoms with Gasteiger partial charge in [0, 0.05) is 16.8 Å². The van der Waals surface area contributed by atoms with Crippen LogP contribution in [0.4, 0.5) is 5.69 Å². The fraction of sp³-hybridized carbons (Fsp3) is 0.160. The molecular formula is C25H22BrN3O4S. The Morgan fingerprint density at radius 3 is 2.68 bits per heavy atom. The lowest BCUT2D eigenvalue weighted by Gasteiger charge is -2.10. The molecule has 0 spiro atoms. The van der Waals surface area contributed by atoms with Crippen molar-refractivity contribution in [1.29, 1.82) is 0 Å². The average molecular weight is 540 g/mol. The van der Waals surface area contributed by atoms with Crippen molar-refractivity contribution in [3.05, 3.63) is 70.7 Å². The standard InChI is InChI=1S/C25H22BrN3O4S/c1-2-3-12-32-18-8-4-15(5-9-18)23(31)29-25(34)27-17-7-11-22-20(14-17)28-24(33-22)16-6-10-21(30)19(26)13-16/h4-11,13-14,30H,2-3,12H2,1H3,(H2,27,29,31,34). The first-order valence-corrected chi connectivity index (χ1v) is 11.9. The lowest BCUT2D eigenvalue weighted by Crippen LogP contribution is -2.34. The lowest BCUT2D eigenvalue weighted by molar-refractivity contribution is 0.0977. The molecule has 174 valence electrons. The molecular weight excluding hydrogens is 518 g/mol. The molecule has 0 bridgehead atoms. The molecule has 9 heteroatoms. The molecule has 4 rings (SSSR count). The average Bonchev–Trinajstić information content (AvgIpc) is 3.25. The Bertz CT molecular complexity index is 1340. The molecule has 7 nitrogen and oxygen atoms in total. The van der Waals surface area contributed by atoms with Crippen molar-refractivity contribution < 1.29 is 19.1 Å². The van der Waals surface area contributed by atoms with Crippen LogP contribution in [0.3, 0.4) is 0 Å². The Morgan fingerprint density at radius 2 is 1.94 bits per heavy atom. The minimum Gasteiger partial charge on any atom is -0.507 e. The molecule has 1 heterocycles. The molecule has 0 aliphatic carbocycles. The summed E-state index contributed by atoms with van der Waals surface area (Å²) in [4.78, 5) is 17.0. The van der Waals surface area contributed by atoms with Crippen LogP contribution in [0.1, 0.15) is 30.1 Å². The summed E-state index contributed by atoms with van der Waals surface area (Å²) in [5.74, 6) is 0.968. The third-order valence-corrected chi connectivity index (χ3v) is 5.79. The van der Waals surface area contributed by atoms with Gasteiger partial charge in [-0.3, -0.25) is 10.1 Å². The molecule has 0 fully saturated rings. The van der Waals surface area contributed by atoms with Crippen molar-refractivity contribution in [2.45, 2.75) is 19.8 Å². The highest BCUT2D eigenvalue weighted by Crippen LogP contribution is 2.31. The van der Waals surface area contributed by atoms with E-state index in [9.17, 15) is 9.90 Å². The number of ether oxygens (including phenoxy) is 1. The van der Waals surface area contributed by atoms with Gasteiger partial charge in [-0.25, -0.2) is 4.98 Å². The van der Waals surface area contributed by atoms with Crippen LogP contribution in [-0.4, -0.2) is 27.7 Å². The van der Waals surface area contributed by atoms with Gasteiger partial charge in [0.05, 0.1) is 11.1 Å². The van der Waals surface area contributed by atoms with E-state index in [-0.39, 0.29) is 16.8 Å². The fourth-order valence-electron chi connectivity index (χ4n) is 3.14. The second kappa shape index (κ2) is 10.7. The monoisotopic (exact) mass is 539 g/mol. The molecule has 0 saturated carbocycles. The van der Waals surface area contributed by atoms with Gasteiger partial charge in [0.1, 0.15) is 17.0 Å².